The molecule has 1 aliphatic heterocycles. The van der Waals surface area contributed by atoms with Gasteiger partial charge in [-0.2, -0.15) is 0 Å². The molecule has 0 fully saturated rings. The third kappa shape index (κ3) is 3.81. The molecular formula is C21H23N3O3S. The zero-order valence-electron chi connectivity index (χ0n) is 16.3. The van der Waals surface area contributed by atoms with Gasteiger partial charge >= 0.3 is 0 Å². The topological polar surface area (TPSA) is 54.9 Å². The highest BCUT2D eigenvalue weighted by Gasteiger charge is 2.23. The van der Waals surface area contributed by atoms with Crippen molar-refractivity contribution in [2.24, 2.45) is 0 Å². The third-order valence-electron chi connectivity index (χ3n) is 4.62. The zero-order chi connectivity index (χ0) is 19.7. The number of hydrogen-bond donors (Lipinski definition) is 0. The monoisotopic (exact) mass is 397 g/mol. The fourth-order valence-electron chi connectivity index (χ4n) is 3.15. The van der Waals surface area contributed by atoms with Gasteiger partial charge in [0.15, 0.2) is 16.6 Å². The standard InChI is InChI=1S/C21H23N3O3S/c1-14-5-7-16-19(11-14)28-21(22-16)24(10-4-9-23(2)3)20(25)15-6-8-17-18(12-15)27-13-26-17/h5-8,11-12H,4,9-10,13H2,1-3H3. The van der Waals surface area contributed by atoms with Gasteiger partial charge < -0.3 is 14.4 Å². The fourth-order valence-corrected chi connectivity index (χ4v) is 4.24. The van der Waals surface area contributed by atoms with Crippen LogP contribution in [-0.4, -0.2) is 49.8 Å². The molecule has 2 heterocycles. The highest BCUT2D eigenvalue weighted by molar-refractivity contribution is 7.22. The molecule has 0 atom stereocenters. The Labute approximate surface area is 168 Å². The summed E-state index contributed by atoms with van der Waals surface area (Å²) in [5.74, 6) is 1.21. The van der Waals surface area contributed by atoms with Crippen LogP contribution in [-0.2, 0) is 0 Å². The number of thiazole rings is 1. The van der Waals surface area contributed by atoms with Gasteiger partial charge in [-0.3, -0.25) is 9.69 Å². The Kier molecular flexibility index (Phi) is 5.19. The van der Waals surface area contributed by atoms with Crippen LogP contribution < -0.4 is 14.4 Å². The lowest BCUT2D eigenvalue weighted by atomic mass is 10.1. The fraction of sp³-hybridized carbons (Fsp3) is 0.333. The summed E-state index contributed by atoms with van der Waals surface area (Å²) in [5.41, 5.74) is 2.68. The van der Waals surface area contributed by atoms with Crippen LogP contribution in [0.1, 0.15) is 22.3 Å². The molecule has 1 aliphatic rings. The number of rotatable bonds is 6. The van der Waals surface area contributed by atoms with E-state index in [2.05, 4.69) is 17.9 Å². The summed E-state index contributed by atoms with van der Waals surface area (Å²) in [6.45, 7) is 3.75. The molecule has 4 rings (SSSR count). The lowest BCUT2D eigenvalue weighted by molar-refractivity contribution is 0.0985. The summed E-state index contributed by atoms with van der Waals surface area (Å²) in [5, 5.41) is 0.724. The number of anilines is 1. The van der Waals surface area contributed by atoms with Crippen LogP contribution in [0.3, 0.4) is 0 Å². The van der Waals surface area contributed by atoms with E-state index < -0.39 is 0 Å². The Balaban J connectivity index is 1.66. The van der Waals surface area contributed by atoms with E-state index in [1.54, 1.807) is 34.4 Å². The van der Waals surface area contributed by atoms with Crippen LogP contribution in [0.15, 0.2) is 36.4 Å². The zero-order valence-corrected chi connectivity index (χ0v) is 17.1. The van der Waals surface area contributed by atoms with E-state index in [-0.39, 0.29) is 12.7 Å². The lowest BCUT2D eigenvalue weighted by Gasteiger charge is -2.21. The van der Waals surface area contributed by atoms with Crippen molar-refractivity contribution in [3.8, 4) is 11.5 Å². The SMILES string of the molecule is Cc1ccc2nc(N(CCCN(C)C)C(=O)c3ccc4c(c3)OCO4)sc2c1. The van der Waals surface area contributed by atoms with Gasteiger partial charge in [0.1, 0.15) is 0 Å². The molecule has 0 saturated heterocycles. The second-order valence-electron chi connectivity index (χ2n) is 7.15. The van der Waals surface area contributed by atoms with E-state index in [9.17, 15) is 4.79 Å². The summed E-state index contributed by atoms with van der Waals surface area (Å²) >= 11 is 1.55. The van der Waals surface area contributed by atoms with E-state index in [0.29, 0.717) is 23.6 Å². The molecule has 0 N–H and O–H groups in total. The number of benzene rings is 2. The normalized spacial score (nSPS) is 12.7. The van der Waals surface area contributed by atoms with E-state index in [1.807, 2.05) is 26.2 Å². The van der Waals surface area contributed by atoms with Gasteiger partial charge in [0.2, 0.25) is 6.79 Å². The molecule has 2 aromatic carbocycles. The quantitative estimate of drug-likeness (QED) is 0.631. The van der Waals surface area contributed by atoms with Crippen molar-refractivity contribution < 1.29 is 14.3 Å². The second kappa shape index (κ2) is 7.77. The van der Waals surface area contributed by atoms with Gasteiger partial charge in [-0.15, -0.1) is 0 Å². The first-order valence-corrected chi connectivity index (χ1v) is 10.1. The maximum Gasteiger partial charge on any atom is 0.260 e. The summed E-state index contributed by atoms with van der Waals surface area (Å²) in [4.78, 5) is 22.0. The number of nitrogens with zero attached hydrogens (tertiary/aromatic N) is 3. The van der Waals surface area contributed by atoms with E-state index in [4.69, 9.17) is 14.5 Å². The molecular weight excluding hydrogens is 374 g/mol. The Hall–Kier alpha value is -2.64. The largest absolute Gasteiger partial charge is 0.454 e. The predicted octanol–water partition coefficient (Wildman–Crippen LogP) is 3.93. The van der Waals surface area contributed by atoms with E-state index in [0.717, 1.165) is 28.3 Å². The van der Waals surface area contributed by atoms with Crippen molar-refractivity contribution in [3.63, 3.8) is 0 Å². The first-order valence-electron chi connectivity index (χ1n) is 9.25. The molecule has 1 aromatic heterocycles. The maximum absolute atomic E-state index is 13.3. The molecule has 28 heavy (non-hydrogen) atoms. The van der Waals surface area contributed by atoms with Crippen LogP contribution in [0.4, 0.5) is 5.13 Å². The average Bonchev–Trinajstić information content (AvgIpc) is 3.29. The summed E-state index contributed by atoms with van der Waals surface area (Å²) < 4.78 is 11.9. The number of hydrogen-bond acceptors (Lipinski definition) is 6. The third-order valence-corrected chi connectivity index (χ3v) is 5.66. The van der Waals surface area contributed by atoms with Gasteiger partial charge in [-0.05, 0) is 69.9 Å². The van der Waals surface area contributed by atoms with Gasteiger partial charge in [0.25, 0.3) is 5.91 Å². The van der Waals surface area contributed by atoms with Gasteiger partial charge in [-0.1, -0.05) is 17.4 Å². The molecule has 0 bridgehead atoms. The minimum Gasteiger partial charge on any atom is -0.454 e. The minimum absolute atomic E-state index is 0.0761. The molecule has 0 aliphatic carbocycles. The predicted molar refractivity (Wildman–Crippen MR) is 112 cm³/mol. The van der Waals surface area contributed by atoms with Crippen molar-refractivity contribution in [3.05, 3.63) is 47.5 Å². The van der Waals surface area contributed by atoms with Crippen LogP contribution in [0, 0.1) is 6.92 Å². The molecule has 0 unspecified atom stereocenters. The molecule has 146 valence electrons. The summed E-state index contributed by atoms with van der Waals surface area (Å²) in [6, 6.07) is 11.5. The Morgan fingerprint density at radius 2 is 1.93 bits per heavy atom. The Bertz CT molecular complexity index is 1020. The number of ether oxygens (including phenoxy) is 2. The van der Waals surface area contributed by atoms with Crippen LogP contribution in [0.2, 0.25) is 0 Å². The smallest absolute Gasteiger partial charge is 0.260 e. The van der Waals surface area contributed by atoms with Crippen molar-refractivity contribution in [1.29, 1.82) is 0 Å². The van der Waals surface area contributed by atoms with Crippen LogP contribution in [0.5, 0.6) is 11.5 Å². The molecule has 0 spiro atoms. The van der Waals surface area contributed by atoms with Crippen LogP contribution in [0.25, 0.3) is 10.2 Å². The molecule has 1 amide bonds. The van der Waals surface area contributed by atoms with Crippen molar-refractivity contribution in [2.45, 2.75) is 13.3 Å². The molecule has 0 saturated carbocycles. The number of fused-ring (bicyclic) bond motifs is 2. The molecule has 6 nitrogen and oxygen atoms in total. The maximum atomic E-state index is 13.3. The highest BCUT2D eigenvalue weighted by atomic mass is 32.1. The molecule has 3 aromatic rings. The Morgan fingerprint density at radius 1 is 1.11 bits per heavy atom. The highest BCUT2D eigenvalue weighted by Crippen LogP contribution is 2.34. The number of amides is 1. The van der Waals surface area contributed by atoms with Crippen molar-refractivity contribution in [2.75, 3.05) is 38.9 Å². The van der Waals surface area contributed by atoms with Crippen molar-refractivity contribution in [1.82, 2.24) is 9.88 Å². The number of carbonyl (C=O) groups excluding carboxylic acids is 1. The van der Waals surface area contributed by atoms with Crippen LogP contribution >= 0.6 is 11.3 Å². The first-order chi connectivity index (χ1) is 13.5. The average molecular weight is 398 g/mol. The second-order valence-corrected chi connectivity index (χ2v) is 8.16. The summed E-state index contributed by atoms with van der Waals surface area (Å²) in [6.07, 6.45) is 0.859. The van der Waals surface area contributed by atoms with E-state index >= 15 is 0 Å². The number of carbonyl (C=O) groups is 1. The van der Waals surface area contributed by atoms with Gasteiger partial charge in [0.05, 0.1) is 10.2 Å². The first kappa shape index (κ1) is 18.7. The lowest BCUT2D eigenvalue weighted by Crippen LogP contribution is -2.33. The van der Waals surface area contributed by atoms with Gasteiger partial charge in [-0.25, -0.2) is 4.98 Å². The molecule has 0 radical (unpaired) electrons. The van der Waals surface area contributed by atoms with Gasteiger partial charge in [0, 0.05) is 12.1 Å². The van der Waals surface area contributed by atoms with E-state index in [1.165, 1.54) is 5.56 Å². The van der Waals surface area contributed by atoms with Crippen molar-refractivity contribution >= 4 is 32.6 Å². The molecule has 7 heteroatoms. The summed E-state index contributed by atoms with van der Waals surface area (Å²) in [7, 11) is 4.06. The minimum atomic E-state index is -0.0761. The number of aromatic nitrogens is 1. The number of aryl methyl sites for hydroxylation is 1. The Morgan fingerprint density at radius 3 is 2.75 bits per heavy atom.